The number of ether oxygens (including phenoxy) is 1. The van der Waals surface area contributed by atoms with Gasteiger partial charge in [0.1, 0.15) is 0 Å². The first kappa shape index (κ1) is 13.1. The molecular formula is C15H20O3. The summed E-state index contributed by atoms with van der Waals surface area (Å²) in [4.78, 5) is 11.0. The average molecular weight is 248 g/mol. The topological polar surface area (TPSA) is 46.5 Å². The van der Waals surface area contributed by atoms with Crippen LogP contribution in [0.1, 0.15) is 31.2 Å². The lowest BCUT2D eigenvalue weighted by molar-refractivity contribution is -0.146. The molecule has 3 heteroatoms. The predicted octanol–water partition coefficient (Wildman–Crippen LogP) is 2.89. The molecule has 3 nitrogen and oxygen atoms in total. The number of rotatable bonds is 6. The van der Waals surface area contributed by atoms with Crippen LogP contribution in [0.5, 0.6) is 0 Å². The highest BCUT2D eigenvalue weighted by Gasteiger charge is 2.33. The zero-order valence-corrected chi connectivity index (χ0v) is 10.5. The number of carboxylic acids is 1. The number of aryl methyl sites for hydroxylation is 1. The van der Waals surface area contributed by atoms with Crippen molar-refractivity contribution in [2.45, 2.75) is 38.2 Å². The Labute approximate surface area is 108 Å². The second-order valence-corrected chi connectivity index (χ2v) is 4.87. The Bertz CT molecular complexity index is 375. The summed E-state index contributed by atoms with van der Waals surface area (Å²) in [6.07, 6.45) is 4.50. The molecule has 1 aliphatic carbocycles. The second kappa shape index (κ2) is 6.55. The molecule has 18 heavy (non-hydrogen) atoms. The van der Waals surface area contributed by atoms with Gasteiger partial charge in [0.05, 0.1) is 12.0 Å². The molecule has 2 unspecified atom stereocenters. The molecule has 1 aliphatic rings. The first-order valence-electron chi connectivity index (χ1n) is 6.65. The molecule has 2 atom stereocenters. The third kappa shape index (κ3) is 3.57. The molecule has 0 spiro atoms. The number of carboxylic acid groups (broad SMARTS) is 1. The Hall–Kier alpha value is -1.35. The molecule has 1 aromatic carbocycles. The highest BCUT2D eigenvalue weighted by atomic mass is 16.5. The fraction of sp³-hybridized carbons (Fsp3) is 0.533. The third-order valence-electron chi connectivity index (χ3n) is 3.55. The van der Waals surface area contributed by atoms with Gasteiger partial charge in [-0.05, 0) is 37.7 Å². The van der Waals surface area contributed by atoms with Crippen molar-refractivity contribution >= 4 is 5.97 Å². The van der Waals surface area contributed by atoms with Gasteiger partial charge in [-0.15, -0.1) is 0 Å². The fourth-order valence-corrected chi connectivity index (χ4v) is 2.56. The lowest BCUT2D eigenvalue weighted by Crippen LogP contribution is -2.25. The van der Waals surface area contributed by atoms with Gasteiger partial charge in [-0.3, -0.25) is 4.79 Å². The standard InChI is InChI=1S/C15H20O3/c16-15(17)13-9-4-10-14(13)18-11-5-8-12-6-2-1-3-7-12/h1-3,6-7,13-14H,4-5,8-11H2,(H,16,17). The van der Waals surface area contributed by atoms with Crippen LogP contribution in [0.25, 0.3) is 0 Å². The Kier molecular flexibility index (Phi) is 4.76. The summed E-state index contributed by atoms with van der Waals surface area (Å²) >= 11 is 0. The van der Waals surface area contributed by atoms with Crippen molar-refractivity contribution in [1.29, 1.82) is 0 Å². The van der Waals surface area contributed by atoms with Crippen LogP contribution in [0.2, 0.25) is 0 Å². The van der Waals surface area contributed by atoms with Crippen LogP contribution >= 0.6 is 0 Å². The first-order valence-corrected chi connectivity index (χ1v) is 6.65. The van der Waals surface area contributed by atoms with E-state index in [-0.39, 0.29) is 12.0 Å². The summed E-state index contributed by atoms with van der Waals surface area (Å²) in [5.41, 5.74) is 1.31. The Morgan fingerprint density at radius 1 is 1.28 bits per heavy atom. The van der Waals surface area contributed by atoms with Gasteiger partial charge in [0.2, 0.25) is 0 Å². The van der Waals surface area contributed by atoms with E-state index in [1.54, 1.807) is 0 Å². The lowest BCUT2D eigenvalue weighted by Gasteiger charge is -2.16. The number of aliphatic carboxylic acids is 1. The highest BCUT2D eigenvalue weighted by Crippen LogP contribution is 2.28. The van der Waals surface area contributed by atoms with Crippen molar-refractivity contribution in [3.8, 4) is 0 Å². The molecule has 0 heterocycles. The van der Waals surface area contributed by atoms with Crippen molar-refractivity contribution in [1.82, 2.24) is 0 Å². The smallest absolute Gasteiger partial charge is 0.309 e. The number of benzene rings is 1. The molecule has 1 saturated carbocycles. The number of carbonyl (C=O) groups is 1. The normalized spacial score (nSPS) is 23.1. The van der Waals surface area contributed by atoms with E-state index in [9.17, 15) is 4.79 Å². The van der Waals surface area contributed by atoms with Crippen molar-refractivity contribution in [2.24, 2.45) is 5.92 Å². The molecule has 98 valence electrons. The third-order valence-corrected chi connectivity index (χ3v) is 3.55. The van der Waals surface area contributed by atoms with Crippen LogP contribution in [0.4, 0.5) is 0 Å². The predicted molar refractivity (Wildman–Crippen MR) is 69.5 cm³/mol. The van der Waals surface area contributed by atoms with Crippen LogP contribution in [-0.2, 0) is 16.0 Å². The van der Waals surface area contributed by atoms with Crippen molar-refractivity contribution in [3.63, 3.8) is 0 Å². The molecular weight excluding hydrogens is 228 g/mol. The maximum absolute atomic E-state index is 11.0. The fourth-order valence-electron chi connectivity index (χ4n) is 2.56. The molecule has 0 aliphatic heterocycles. The van der Waals surface area contributed by atoms with Crippen LogP contribution in [0, 0.1) is 5.92 Å². The quantitative estimate of drug-likeness (QED) is 0.787. The van der Waals surface area contributed by atoms with Gasteiger partial charge >= 0.3 is 5.97 Å². The minimum absolute atomic E-state index is 0.0710. The summed E-state index contributed by atoms with van der Waals surface area (Å²) in [5.74, 6) is -0.998. The van der Waals surface area contributed by atoms with Crippen molar-refractivity contribution in [2.75, 3.05) is 6.61 Å². The van der Waals surface area contributed by atoms with Gasteiger partial charge in [0, 0.05) is 6.61 Å². The van der Waals surface area contributed by atoms with E-state index in [2.05, 4.69) is 12.1 Å². The SMILES string of the molecule is O=C(O)C1CCCC1OCCCc1ccccc1. The number of hydrogen-bond acceptors (Lipinski definition) is 2. The summed E-state index contributed by atoms with van der Waals surface area (Å²) in [5, 5.41) is 9.04. The van der Waals surface area contributed by atoms with Crippen LogP contribution in [0.3, 0.4) is 0 Å². The van der Waals surface area contributed by atoms with E-state index >= 15 is 0 Å². The van der Waals surface area contributed by atoms with E-state index in [4.69, 9.17) is 9.84 Å². The van der Waals surface area contributed by atoms with Crippen molar-refractivity contribution < 1.29 is 14.6 Å². The van der Waals surface area contributed by atoms with E-state index in [0.29, 0.717) is 6.61 Å². The maximum Gasteiger partial charge on any atom is 0.309 e. The molecule has 1 N–H and O–H groups in total. The van der Waals surface area contributed by atoms with E-state index in [1.807, 2.05) is 18.2 Å². The minimum Gasteiger partial charge on any atom is -0.481 e. The summed E-state index contributed by atoms with van der Waals surface area (Å²) in [6, 6.07) is 10.3. The Morgan fingerprint density at radius 3 is 2.78 bits per heavy atom. The summed E-state index contributed by atoms with van der Waals surface area (Å²) in [6.45, 7) is 0.656. The molecule has 2 rings (SSSR count). The highest BCUT2D eigenvalue weighted by molar-refractivity contribution is 5.71. The summed E-state index contributed by atoms with van der Waals surface area (Å²) < 4.78 is 5.72. The van der Waals surface area contributed by atoms with Crippen LogP contribution in [0.15, 0.2) is 30.3 Å². The number of hydrogen-bond donors (Lipinski definition) is 1. The van der Waals surface area contributed by atoms with E-state index < -0.39 is 5.97 Å². The van der Waals surface area contributed by atoms with Crippen LogP contribution < -0.4 is 0 Å². The van der Waals surface area contributed by atoms with E-state index in [1.165, 1.54) is 5.56 Å². The Balaban J connectivity index is 1.68. The molecule has 0 radical (unpaired) electrons. The van der Waals surface area contributed by atoms with Gasteiger partial charge in [-0.2, -0.15) is 0 Å². The molecule has 0 bridgehead atoms. The lowest BCUT2D eigenvalue weighted by atomic mass is 10.1. The van der Waals surface area contributed by atoms with Gasteiger partial charge in [0.25, 0.3) is 0 Å². The van der Waals surface area contributed by atoms with Gasteiger partial charge in [-0.25, -0.2) is 0 Å². The maximum atomic E-state index is 11.0. The van der Waals surface area contributed by atoms with Gasteiger partial charge in [0.15, 0.2) is 0 Å². The Morgan fingerprint density at radius 2 is 2.06 bits per heavy atom. The van der Waals surface area contributed by atoms with Crippen LogP contribution in [-0.4, -0.2) is 23.8 Å². The monoisotopic (exact) mass is 248 g/mol. The molecule has 0 saturated heterocycles. The molecule has 1 aromatic rings. The zero-order chi connectivity index (χ0) is 12.8. The molecule has 0 aromatic heterocycles. The van der Waals surface area contributed by atoms with Gasteiger partial charge < -0.3 is 9.84 Å². The first-order chi connectivity index (χ1) is 8.77. The van der Waals surface area contributed by atoms with Gasteiger partial charge in [-0.1, -0.05) is 30.3 Å². The largest absolute Gasteiger partial charge is 0.481 e. The zero-order valence-electron chi connectivity index (χ0n) is 10.5. The average Bonchev–Trinajstić information content (AvgIpc) is 2.84. The van der Waals surface area contributed by atoms with E-state index in [0.717, 1.165) is 32.1 Å². The molecule has 1 fully saturated rings. The minimum atomic E-state index is -0.708. The summed E-state index contributed by atoms with van der Waals surface area (Å²) in [7, 11) is 0. The second-order valence-electron chi connectivity index (χ2n) is 4.87. The van der Waals surface area contributed by atoms with Crippen molar-refractivity contribution in [3.05, 3.63) is 35.9 Å². The molecule has 0 amide bonds.